The van der Waals surface area contributed by atoms with Crippen molar-refractivity contribution in [2.24, 2.45) is 0 Å². The highest BCUT2D eigenvalue weighted by Crippen LogP contribution is 2.26. The van der Waals surface area contributed by atoms with Crippen LogP contribution < -0.4 is 10.9 Å². The van der Waals surface area contributed by atoms with Gasteiger partial charge in [0.2, 0.25) is 5.91 Å². The molecule has 0 atom stereocenters. The average molecular weight is 444 g/mol. The van der Waals surface area contributed by atoms with Crippen molar-refractivity contribution in [3.05, 3.63) is 94.3 Å². The van der Waals surface area contributed by atoms with Crippen LogP contribution in [0.1, 0.15) is 30.9 Å². The number of carbonyl (C=O) groups is 1. The maximum Gasteiger partial charge on any atom is 0.266 e. The predicted octanol–water partition coefficient (Wildman–Crippen LogP) is 5.55. The third-order valence-corrected chi connectivity index (χ3v) is 6.23. The number of anilines is 1. The average Bonchev–Trinajstić information content (AvgIpc) is 2.79. The van der Waals surface area contributed by atoms with E-state index in [0.717, 1.165) is 22.5 Å². The highest BCUT2D eigenvalue weighted by molar-refractivity contribution is 7.99. The summed E-state index contributed by atoms with van der Waals surface area (Å²) in [7, 11) is 0. The molecule has 6 heteroatoms. The van der Waals surface area contributed by atoms with Crippen molar-refractivity contribution in [3.63, 3.8) is 0 Å². The molecular formula is C26H25N3O2S. The van der Waals surface area contributed by atoms with Gasteiger partial charge in [-0.25, -0.2) is 4.98 Å². The summed E-state index contributed by atoms with van der Waals surface area (Å²) in [4.78, 5) is 30.9. The van der Waals surface area contributed by atoms with Gasteiger partial charge < -0.3 is 5.32 Å². The minimum Gasteiger partial charge on any atom is -0.325 e. The first-order valence-corrected chi connectivity index (χ1v) is 11.5. The monoisotopic (exact) mass is 443 g/mol. The number of hydrogen-bond acceptors (Lipinski definition) is 4. The van der Waals surface area contributed by atoms with Gasteiger partial charge in [-0.2, -0.15) is 0 Å². The number of thioether (sulfide) groups is 1. The summed E-state index contributed by atoms with van der Waals surface area (Å²) in [5, 5.41) is 4.06. The molecule has 0 bridgehead atoms. The highest BCUT2D eigenvalue weighted by Gasteiger charge is 2.16. The molecule has 3 aromatic carbocycles. The third-order valence-electron chi connectivity index (χ3n) is 5.29. The van der Waals surface area contributed by atoms with Crippen LogP contribution in [0, 0.1) is 6.92 Å². The van der Waals surface area contributed by atoms with Gasteiger partial charge in [0.05, 0.1) is 22.3 Å². The molecule has 0 aliphatic heterocycles. The molecule has 1 N–H and O–H groups in total. The zero-order valence-corrected chi connectivity index (χ0v) is 19.1. The number of rotatable bonds is 6. The maximum absolute atomic E-state index is 13.4. The Hall–Kier alpha value is -3.38. The number of nitrogens with one attached hydrogen (secondary N) is 1. The smallest absolute Gasteiger partial charge is 0.266 e. The van der Waals surface area contributed by atoms with Gasteiger partial charge in [0, 0.05) is 5.69 Å². The van der Waals surface area contributed by atoms with Crippen LogP contribution in [0.15, 0.2) is 82.7 Å². The normalized spacial score (nSPS) is 11.1. The molecule has 0 radical (unpaired) electrons. The van der Waals surface area contributed by atoms with Gasteiger partial charge in [-0.3, -0.25) is 14.2 Å². The van der Waals surface area contributed by atoms with Crippen LogP contribution in [0.3, 0.4) is 0 Å². The van der Waals surface area contributed by atoms with Crippen LogP contribution in [0.2, 0.25) is 0 Å². The fourth-order valence-corrected chi connectivity index (χ4v) is 4.47. The molecule has 162 valence electrons. The molecule has 32 heavy (non-hydrogen) atoms. The number of para-hydroxylation sites is 3. The lowest BCUT2D eigenvalue weighted by molar-refractivity contribution is -0.113. The number of aryl methyl sites for hydroxylation is 1. The van der Waals surface area contributed by atoms with Gasteiger partial charge in [0.15, 0.2) is 5.16 Å². The number of carbonyl (C=O) groups excluding carboxylic acids is 1. The van der Waals surface area contributed by atoms with Crippen LogP contribution in [0.25, 0.3) is 16.6 Å². The second kappa shape index (κ2) is 9.40. The standard InChI is InChI=1S/C26H25N3O2S/c1-17(2)19-11-5-7-13-21(19)27-24(30)16-32-26-28-22-14-8-6-12-20(22)25(31)29(26)23-15-9-4-10-18(23)3/h4-15,17H,16H2,1-3H3,(H,27,30). The summed E-state index contributed by atoms with van der Waals surface area (Å²) in [6.45, 7) is 6.15. The van der Waals surface area contributed by atoms with E-state index >= 15 is 0 Å². The molecule has 1 heterocycles. The minimum atomic E-state index is -0.141. The molecule has 0 unspecified atom stereocenters. The number of nitrogens with zero attached hydrogens (tertiary/aromatic N) is 2. The molecule has 0 fully saturated rings. The van der Waals surface area contributed by atoms with Crippen molar-refractivity contribution in [3.8, 4) is 5.69 Å². The first-order valence-electron chi connectivity index (χ1n) is 10.5. The van der Waals surface area contributed by atoms with Gasteiger partial charge in [-0.05, 0) is 48.2 Å². The van der Waals surface area contributed by atoms with Crippen LogP contribution >= 0.6 is 11.8 Å². The Bertz CT molecular complexity index is 1340. The predicted molar refractivity (Wildman–Crippen MR) is 132 cm³/mol. The van der Waals surface area contributed by atoms with Crippen molar-refractivity contribution in [1.82, 2.24) is 9.55 Å². The number of fused-ring (bicyclic) bond motifs is 1. The second-order valence-electron chi connectivity index (χ2n) is 7.92. The summed E-state index contributed by atoms with van der Waals surface area (Å²) in [5.41, 5.74) is 4.11. The van der Waals surface area contributed by atoms with E-state index in [1.165, 1.54) is 11.8 Å². The summed E-state index contributed by atoms with van der Waals surface area (Å²) >= 11 is 1.26. The fraction of sp³-hybridized carbons (Fsp3) is 0.192. The third kappa shape index (κ3) is 4.46. The number of benzene rings is 3. The largest absolute Gasteiger partial charge is 0.325 e. The van der Waals surface area contributed by atoms with E-state index in [-0.39, 0.29) is 17.2 Å². The molecule has 1 amide bonds. The zero-order valence-electron chi connectivity index (χ0n) is 18.3. The van der Waals surface area contributed by atoms with Crippen molar-refractivity contribution in [2.75, 3.05) is 11.1 Å². The minimum absolute atomic E-state index is 0.137. The SMILES string of the molecule is Cc1ccccc1-n1c(SCC(=O)Nc2ccccc2C(C)C)nc2ccccc2c1=O. The zero-order chi connectivity index (χ0) is 22.7. The number of aromatic nitrogens is 2. The van der Waals surface area contributed by atoms with Crippen molar-refractivity contribution in [2.45, 2.75) is 31.8 Å². The summed E-state index contributed by atoms with van der Waals surface area (Å²) in [6.07, 6.45) is 0. The van der Waals surface area contributed by atoms with Crippen LogP contribution in [-0.2, 0) is 4.79 Å². The molecule has 0 spiro atoms. The van der Waals surface area contributed by atoms with Crippen LogP contribution in [-0.4, -0.2) is 21.2 Å². The molecule has 5 nitrogen and oxygen atoms in total. The highest BCUT2D eigenvalue weighted by atomic mass is 32.2. The molecule has 0 aliphatic rings. The molecule has 0 saturated carbocycles. The van der Waals surface area contributed by atoms with E-state index < -0.39 is 0 Å². The first-order chi connectivity index (χ1) is 15.5. The topological polar surface area (TPSA) is 64.0 Å². The van der Waals surface area contributed by atoms with Crippen molar-refractivity contribution >= 4 is 34.3 Å². The van der Waals surface area contributed by atoms with E-state index in [2.05, 4.69) is 19.2 Å². The summed E-state index contributed by atoms with van der Waals surface area (Å²) in [5.74, 6) is 0.303. The maximum atomic E-state index is 13.4. The van der Waals surface area contributed by atoms with E-state index in [0.29, 0.717) is 22.0 Å². The van der Waals surface area contributed by atoms with Gasteiger partial charge in [0.1, 0.15) is 0 Å². The molecule has 4 aromatic rings. The number of hydrogen-bond donors (Lipinski definition) is 1. The Morgan fingerprint density at radius 3 is 2.47 bits per heavy atom. The number of amides is 1. The Morgan fingerprint density at radius 2 is 1.69 bits per heavy atom. The van der Waals surface area contributed by atoms with E-state index in [1.54, 1.807) is 10.6 Å². The molecule has 0 saturated heterocycles. The molecule has 0 aliphatic carbocycles. The molecule has 1 aromatic heterocycles. The molecular weight excluding hydrogens is 418 g/mol. The lowest BCUT2D eigenvalue weighted by Gasteiger charge is -2.16. The fourth-order valence-electron chi connectivity index (χ4n) is 3.67. The Balaban J connectivity index is 1.67. The van der Waals surface area contributed by atoms with Gasteiger partial charge >= 0.3 is 0 Å². The van der Waals surface area contributed by atoms with Crippen molar-refractivity contribution < 1.29 is 4.79 Å². The second-order valence-corrected chi connectivity index (χ2v) is 8.86. The van der Waals surface area contributed by atoms with Crippen LogP contribution in [0.4, 0.5) is 5.69 Å². The lowest BCUT2D eigenvalue weighted by atomic mass is 10.0. The summed E-state index contributed by atoms with van der Waals surface area (Å²) in [6, 6.07) is 22.8. The van der Waals surface area contributed by atoms with E-state index in [4.69, 9.17) is 4.98 Å². The Kier molecular flexibility index (Phi) is 6.42. The first kappa shape index (κ1) is 21.8. The summed E-state index contributed by atoms with van der Waals surface area (Å²) < 4.78 is 1.61. The van der Waals surface area contributed by atoms with Crippen molar-refractivity contribution in [1.29, 1.82) is 0 Å². The Morgan fingerprint density at radius 1 is 1.00 bits per heavy atom. The van der Waals surface area contributed by atoms with Gasteiger partial charge in [0.25, 0.3) is 5.56 Å². The quantitative estimate of drug-likeness (QED) is 0.314. The molecule has 4 rings (SSSR count). The van der Waals surface area contributed by atoms with E-state index in [9.17, 15) is 9.59 Å². The van der Waals surface area contributed by atoms with E-state index in [1.807, 2.05) is 73.7 Å². The lowest BCUT2D eigenvalue weighted by Crippen LogP contribution is -2.23. The van der Waals surface area contributed by atoms with Gasteiger partial charge in [-0.1, -0.05) is 74.1 Å². The van der Waals surface area contributed by atoms with Crippen LogP contribution in [0.5, 0.6) is 0 Å². The van der Waals surface area contributed by atoms with Gasteiger partial charge in [-0.15, -0.1) is 0 Å². The Labute approximate surface area is 191 Å².